The molecule has 2 aromatic carbocycles. The summed E-state index contributed by atoms with van der Waals surface area (Å²) >= 11 is 6.52. The maximum absolute atomic E-state index is 13.6. The van der Waals surface area contributed by atoms with E-state index in [-0.39, 0.29) is 18.0 Å². The highest BCUT2D eigenvalue weighted by atomic mass is 79.9. The Hall–Kier alpha value is -1.40. The van der Waals surface area contributed by atoms with Gasteiger partial charge in [-0.25, -0.2) is 9.18 Å². The molecule has 2 rings (SSSR count). The summed E-state index contributed by atoms with van der Waals surface area (Å²) in [5.41, 5.74) is 0.491. The highest BCUT2D eigenvalue weighted by Gasteiger charge is 2.10. The van der Waals surface area contributed by atoms with E-state index >= 15 is 0 Å². The third-order valence-corrected chi connectivity index (χ3v) is 3.72. The van der Waals surface area contributed by atoms with Crippen LogP contribution in [0, 0.1) is 5.82 Å². The largest absolute Gasteiger partial charge is 0.488 e. The molecule has 0 radical (unpaired) electrons. The van der Waals surface area contributed by atoms with Gasteiger partial charge in [0.25, 0.3) is 0 Å². The highest BCUT2D eigenvalue weighted by Crippen LogP contribution is 2.27. The van der Waals surface area contributed by atoms with Crippen LogP contribution in [0.25, 0.3) is 0 Å². The lowest BCUT2D eigenvalue weighted by Gasteiger charge is -2.10. The summed E-state index contributed by atoms with van der Waals surface area (Å²) in [5, 5.41) is 8.93. The number of aromatic carboxylic acids is 1. The van der Waals surface area contributed by atoms with Gasteiger partial charge in [-0.05, 0) is 52.3 Å². The molecule has 0 heterocycles. The smallest absolute Gasteiger partial charge is 0.335 e. The van der Waals surface area contributed by atoms with Crippen LogP contribution in [0.4, 0.5) is 4.39 Å². The quantitative estimate of drug-likeness (QED) is 0.809. The lowest BCUT2D eigenvalue weighted by molar-refractivity contribution is 0.0696. The second-order valence-corrected chi connectivity index (χ2v) is 5.74. The van der Waals surface area contributed by atoms with Crippen molar-refractivity contribution in [3.05, 3.63) is 62.3 Å². The minimum absolute atomic E-state index is 0.00689. The second-order valence-electron chi connectivity index (χ2n) is 3.97. The van der Waals surface area contributed by atoms with Gasteiger partial charge in [-0.2, -0.15) is 0 Å². The lowest BCUT2D eigenvalue weighted by atomic mass is 10.2. The Labute approximate surface area is 131 Å². The normalized spacial score (nSPS) is 10.3. The van der Waals surface area contributed by atoms with Gasteiger partial charge in [0.15, 0.2) is 0 Å². The van der Waals surface area contributed by atoms with E-state index in [9.17, 15) is 9.18 Å². The van der Waals surface area contributed by atoms with Gasteiger partial charge in [0, 0.05) is 10.0 Å². The fourth-order valence-electron chi connectivity index (χ4n) is 1.56. The van der Waals surface area contributed by atoms with Gasteiger partial charge >= 0.3 is 5.97 Å². The van der Waals surface area contributed by atoms with E-state index in [1.54, 1.807) is 18.2 Å². The molecular formula is C14H9Br2FO3. The van der Waals surface area contributed by atoms with Crippen LogP contribution in [-0.2, 0) is 6.61 Å². The Kier molecular flexibility index (Phi) is 4.77. The summed E-state index contributed by atoms with van der Waals surface area (Å²) in [6, 6.07) is 8.98. The monoisotopic (exact) mass is 402 g/mol. The fourth-order valence-corrected chi connectivity index (χ4v) is 2.33. The lowest BCUT2D eigenvalue weighted by Crippen LogP contribution is -2.01. The van der Waals surface area contributed by atoms with E-state index in [1.165, 1.54) is 18.2 Å². The number of hydrogen-bond acceptors (Lipinski definition) is 2. The van der Waals surface area contributed by atoms with E-state index in [1.807, 2.05) is 0 Å². The van der Waals surface area contributed by atoms with Crippen LogP contribution >= 0.6 is 31.9 Å². The van der Waals surface area contributed by atoms with Crippen molar-refractivity contribution in [2.75, 3.05) is 0 Å². The van der Waals surface area contributed by atoms with Crippen LogP contribution < -0.4 is 4.74 Å². The van der Waals surface area contributed by atoms with Crippen molar-refractivity contribution >= 4 is 37.8 Å². The number of benzene rings is 2. The Morgan fingerprint density at radius 3 is 2.65 bits per heavy atom. The summed E-state index contributed by atoms with van der Waals surface area (Å²) in [6.07, 6.45) is 0. The van der Waals surface area contributed by atoms with Crippen LogP contribution in [0.2, 0.25) is 0 Å². The Morgan fingerprint density at radius 2 is 1.95 bits per heavy atom. The van der Waals surface area contributed by atoms with Crippen molar-refractivity contribution in [2.45, 2.75) is 6.61 Å². The zero-order valence-corrected chi connectivity index (χ0v) is 13.2. The third kappa shape index (κ3) is 3.58. The van der Waals surface area contributed by atoms with Crippen molar-refractivity contribution in [3.8, 4) is 5.75 Å². The number of ether oxygens (including phenoxy) is 1. The zero-order valence-electron chi connectivity index (χ0n) is 10.1. The molecule has 0 atom stereocenters. The minimum Gasteiger partial charge on any atom is -0.488 e. The first-order chi connectivity index (χ1) is 9.47. The molecule has 0 aliphatic heterocycles. The van der Waals surface area contributed by atoms with Crippen molar-refractivity contribution in [1.29, 1.82) is 0 Å². The molecule has 104 valence electrons. The molecule has 0 aromatic heterocycles. The van der Waals surface area contributed by atoms with Crippen molar-refractivity contribution in [2.24, 2.45) is 0 Å². The average molecular weight is 404 g/mol. The van der Waals surface area contributed by atoms with Gasteiger partial charge < -0.3 is 9.84 Å². The van der Waals surface area contributed by atoms with E-state index in [0.717, 1.165) is 4.47 Å². The Bertz CT molecular complexity index is 659. The molecule has 0 aliphatic rings. The second kappa shape index (κ2) is 6.37. The fraction of sp³-hybridized carbons (Fsp3) is 0.0714. The van der Waals surface area contributed by atoms with Gasteiger partial charge in [-0.15, -0.1) is 0 Å². The van der Waals surface area contributed by atoms with Crippen molar-refractivity contribution < 1.29 is 19.0 Å². The van der Waals surface area contributed by atoms with Crippen LogP contribution in [-0.4, -0.2) is 11.1 Å². The third-order valence-electron chi connectivity index (χ3n) is 2.57. The predicted octanol–water partition coefficient (Wildman–Crippen LogP) is 4.63. The summed E-state index contributed by atoms with van der Waals surface area (Å²) in [7, 11) is 0. The minimum atomic E-state index is -1.05. The van der Waals surface area contributed by atoms with E-state index < -0.39 is 5.97 Å². The molecule has 2 aromatic rings. The average Bonchev–Trinajstić information content (AvgIpc) is 2.41. The van der Waals surface area contributed by atoms with Crippen LogP contribution in [0.15, 0.2) is 45.3 Å². The number of hydrogen-bond donors (Lipinski definition) is 1. The summed E-state index contributed by atoms with van der Waals surface area (Å²) in [5.74, 6) is -1.07. The molecular weight excluding hydrogens is 395 g/mol. The number of carbonyl (C=O) groups is 1. The first-order valence-corrected chi connectivity index (χ1v) is 7.15. The van der Waals surface area contributed by atoms with Crippen LogP contribution in [0.3, 0.4) is 0 Å². The Morgan fingerprint density at radius 1 is 1.20 bits per heavy atom. The molecule has 0 amide bonds. The summed E-state index contributed by atoms with van der Waals surface area (Å²) in [6.45, 7) is 0.00689. The maximum atomic E-state index is 13.6. The summed E-state index contributed by atoms with van der Waals surface area (Å²) < 4.78 is 20.4. The van der Waals surface area contributed by atoms with E-state index in [0.29, 0.717) is 15.8 Å². The topological polar surface area (TPSA) is 46.5 Å². The number of halogens is 3. The van der Waals surface area contributed by atoms with Crippen LogP contribution in [0.1, 0.15) is 15.9 Å². The van der Waals surface area contributed by atoms with Gasteiger partial charge in [0.05, 0.1) is 10.0 Å². The highest BCUT2D eigenvalue weighted by molar-refractivity contribution is 9.10. The molecule has 0 saturated heterocycles. The summed E-state index contributed by atoms with van der Waals surface area (Å²) in [4.78, 5) is 10.9. The molecule has 6 heteroatoms. The molecule has 0 saturated carbocycles. The van der Waals surface area contributed by atoms with Crippen LogP contribution in [0.5, 0.6) is 5.75 Å². The standard InChI is InChI=1S/C14H9Br2FO3/c15-10-2-4-12(17)9(5-10)7-20-13-6-8(14(18)19)1-3-11(13)16/h1-6H,7H2,(H,18,19). The number of rotatable bonds is 4. The van der Waals surface area contributed by atoms with Gasteiger partial charge in [0.1, 0.15) is 18.2 Å². The molecule has 0 aliphatic carbocycles. The van der Waals surface area contributed by atoms with E-state index in [2.05, 4.69) is 31.9 Å². The van der Waals surface area contributed by atoms with Gasteiger partial charge in [-0.3, -0.25) is 0 Å². The van der Waals surface area contributed by atoms with Crippen molar-refractivity contribution in [1.82, 2.24) is 0 Å². The molecule has 0 spiro atoms. The van der Waals surface area contributed by atoms with Gasteiger partial charge in [0.2, 0.25) is 0 Å². The predicted molar refractivity (Wildman–Crippen MR) is 79.5 cm³/mol. The van der Waals surface area contributed by atoms with Crippen molar-refractivity contribution in [3.63, 3.8) is 0 Å². The molecule has 0 unspecified atom stereocenters. The zero-order chi connectivity index (χ0) is 14.7. The number of carboxylic acids is 1. The first kappa shape index (κ1) is 15.0. The molecule has 1 N–H and O–H groups in total. The first-order valence-electron chi connectivity index (χ1n) is 5.57. The Balaban J connectivity index is 2.20. The molecule has 20 heavy (non-hydrogen) atoms. The maximum Gasteiger partial charge on any atom is 0.335 e. The van der Waals surface area contributed by atoms with Gasteiger partial charge in [-0.1, -0.05) is 15.9 Å². The molecule has 0 fully saturated rings. The number of carboxylic acid groups (broad SMARTS) is 1. The SMILES string of the molecule is O=C(O)c1ccc(Br)c(OCc2cc(Br)ccc2F)c1. The van der Waals surface area contributed by atoms with E-state index in [4.69, 9.17) is 9.84 Å². The molecule has 0 bridgehead atoms. The molecule has 3 nitrogen and oxygen atoms in total.